The monoisotopic (exact) mass is 274 g/mol. The van der Waals surface area contributed by atoms with E-state index in [0.29, 0.717) is 12.0 Å². The zero-order chi connectivity index (χ0) is 11.5. The molecule has 2 unspecified atom stereocenters. The minimum atomic E-state index is 0. The Morgan fingerprint density at radius 2 is 2.00 bits per heavy atom. The average Bonchev–Trinajstić information content (AvgIpc) is 2.63. The van der Waals surface area contributed by atoms with Gasteiger partial charge in [-0.05, 0) is 43.5 Å². The first kappa shape index (κ1) is 14.8. The van der Waals surface area contributed by atoms with Gasteiger partial charge in [-0.2, -0.15) is 0 Å². The lowest BCUT2D eigenvalue weighted by Crippen LogP contribution is -2.27. The quantitative estimate of drug-likeness (QED) is 0.919. The normalized spacial score (nSPS) is 24.6. The summed E-state index contributed by atoms with van der Waals surface area (Å²) in [6, 6.07) is 8.76. The van der Waals surface area contributed by atoms with Crippen LogP contribution in [0, 0.1) is 5.92 Å². The molecule has 1 aliphatic heterocycles. The van der Waals surface area contributed by atoms with Gasteiger partial charge >= 0.3 is 0 Å². The number of hydrogen-bond donors (Lipinski definition) is 1. The fourth-order valence-corrected chi connectivity index (χ4v) is 2.56. The lowest BCUT2D eigenvalue weighted by molar-refractivity contribution is 0.256. The molecule has 1 aliphatic rings. The number of benzene rings is 1. The Kier molecular flexibility index (Phi) is 5.74. The number of rotatable bonds is 3. The van der Waals surface area contributed by atoms with Gasteiger partial charge in [-0.3, -0.25) is 4.90 Å². The summed E-state index contributed by atoms with van der Waals surface area (Å²) < 4.78 is 0. The predicted molar refractivity (Wildman–Crippen MR) is 75.7 cm³/mol. The number of likely N-dealkylation sites (tertiary alicyclic amines) is 1. The van der Waals surface area contributed by atoms with Gasteiger partial charge in [0.25, 0.3) is 0 Å². The molecule has 0 bridgehead atoms. The molecular formula is C13H20Cl2N2. The van der Waals surface area contributed by atoms with Crippen LogP contribution in [0.5, 0.6) is 0 Å². The van der Waals surface area contributed by atoms with Crippen molar-refractivity contribution in [3.8, 4) is 0 Å². The molecule has 1 saturated heterocycles. The van der Waals surface area contributed by atoms with E-state index in [-0.39, 0.29) is 12.4 Å². The predicted octanol–water partition coefficient (Wildman–Crippen LogP) is 2.93. The van der Waals surface area contributed by atoms with Crippen LogP contribution >= 0.6 is 24.0 Å². The maximum absolute atomic E-state index is 5.87. The maximum Gasteiger partial charge on any atom is 0.0406 e. The Balaban J connectivity index is 0.00000144. The van der Waals surface area contributed by atoms with Gasteiger partial charge in [0.15, 0.2) is 0 Å². The number of nitrogens with two attached hydrogens (primary N) is 1. The summed E-state index contributed by atoms with van der Waals surface area (Å²) in [5, 5.41) is 0.804. The first-order chi connectivity index (χ1) is 7.69. The van der Waals surface area contributed by atoms with Crippen LogP contribution in [-0.4, -0.2) is 24.0 Å². The molecule has 2 nitrogen and oxygen atoms in total. The highest BCUT2D eigenvalue weighted by Crippen LogP contribution is 2.24. The zero-order valence-corrected chi connectivity index (χ0v) is 11.7. The van der Waals surface area contributed by atoms with Crippen molar-refractivity contribution in [1.82, 2.24) is 4.90 Å². The first-order valence-corrected chi connectivity index (χ1v) is 6.25. The molecule has 2 atom stereocenters. The second-order valence-electron chi connectivity index (χ2n) is 4.74. The van der Waals surface area contributed by atoms with Crippen LogP contribution in [0.4, 0.5) is 0 Å². The smallest absolute Gasteiger partial charge is 0.0406 e. The van der Waals surface area contributed by atoms with Crippen molar-refractivity contribution < 1.29 is 0 Å². The first-order valence-electron chi connectivity index (χ1n) is 5.87. The van der Waals surface area contributed by atoms with Crippen LogP contribution in [0.15, 0.2) is 24.3 Å². The fourth-order valence-electron chi connectivity index (χ4n) is 2.43. The van der Waals surface area contributed by atoms with E-state index in [4.69, 9.17) is 17.3 Å². The fraction of sp³-hybridized carbons (Fsp3) is 0.538. The average molecular weight is 275 g/mol. The van der Waals surface area contributed by atoms with Gasteiger partial charge in [-0.1, -0.05) is 23.7 Å². The minimum Gasteiger partial charge on any atom is -0.330 e. The Bertz CT molecular complexity index is 340. The van der Waals surface area contributed by atoms with E-state index in [1.807, 2.05) is 12.1 Å². The highest BCUT2D eigenvalue weighted by atomic mass is 35.5. The third kappa shape index (κ3) is 3.85. The molecule has 0 spiro atoms. The van der Waals surface area contributed by atoms with Crippen LogP contribution in [0.3, 0.4) is 0 Å². The molecule has 17 heavy (non-hydrogen) atoms. The van der Waals surface area contributed by atoms with Gasteiger partial charge in [-0.15, -0.1) is 12.4 Å². The number of nitrogens with zero attached hydrogens (tertiary/aromatic N) is 1. The molecule has 1 aromatic carbocycles. The van der Waals surface area contributed by atoms with E-state index >= 15 is 0 Å². The number of hydrogen-bond acceptors (Lipinski definition) is 2. The Morgan fingerprint density at radius 3 is 2.53 bits per heavy atom. The van der Waals surface area contributed by atoms with Crippen LogP contribution in [0.2, 0.25) is 5.02 Å². The van der Waals surface area contributed by atoms with E-state index in [9.17, 15) is 0 Å². The van der Waals surface area contributed by atoms with Crippen LogP contribution in [0.25, 0.3) is 0 Å². The summed E-state index contributed by atoms with van der Waals surface area (Å²) in [5.74, 6) is 0.669. The van der Waals surface area contributed by atoms with Crippen molar-refractivity contribution in [2.24, 2.45) is 11.7 Å². The minimum absolute atomic E-state index is 0. The van der Waals surface area contributed by atoms with Crippen molar-refractivity contribution in [1.29, 1.82) is 0 Å². The molecule has 0 aliphatic carbocycles. The molecule has 0 aromatic heterocycles. The lowest BCUT2D eigenvalue weighted by Gasteiger charge is -2.21. The maximum atomic E-state index is 5.87. The molecule has 1 heterocycles. The van der Waals surface area contributed by atoms with Crippen LogP contribution in [-0.2, 0) is 6.54 Å². The third-order valence-electron chi connectivity index (χ3n) is 3.42. The molecule has 96 valence electrons. The standard InChI is InChI=1S/C13H19ClN2.ClH/c1-10-6-12(7-15)9-16(10)8-11-2-4-13(14)5-3-11;/h2-5,10,12H,6-9,15H2,1H3;1H. The molecule has 1 aromatic rings. The molecular weight excluding hydrogens is 255 g/mol. The van der Waals surface area contributed by atoms with Crippen molar-refractivity contribution >= 4 is 24.0 Å². The summed E-state index contributed by atoms with van der Waals surface area (Å²) in [6.07, 6.45) is 1.23. The van der Waals surface area contributed by atoms with Crippen molar-refractivity contribution in [2.45, 2.75) is 25.9 Å². The van der Waals surface area contributed by atoms with Gasteiger partial charge in [-0.25, -0.2) is 0 Å². The molecule has 2 N–H and O–H groups in total. The van der Waals surface area contributed by atoms with Gasteiger partial charge in [0.05, 0.1) is 0 Å². The van der Waals surface area contributed by atoms with Gasteiger partial charge in [0.1, 0.15) is 0 Å². The summed E-state index contributed by atoms with van der Waals surface area (Å²) in [4.78, 5) is 2.50. The molecule has 0 radical (unpaired) electrons. The molecule has 0 saturated carbocycles. The molecule has 1 fully saturated rings. The Labute approximate surface area is 115 Å². The van der Waals surface area contributed by atoms with Gasteiger partial charge < -0.3 is 5.73 Å². The topological polar surface area (TPSA) is 29.3 Å². The highest BCUT2D eigenvalue weighted by Gasteiger charge is 2.27. The van der Waals surface area contributed by atoms with Crippen LogP contribution < -0.4 is 5.73 Å². The Hall–Kier alpha value is -0.280. The lowest BCUT2D eigenvalue weighted by atomic mass is 10.1. The molecule has 2 rings (SSSR count). The summed E-state index contributed by atoms with van der Waals surface area (Å²) >= 11 is 5.87. The summed E-state index contributed by atoms with van der Waals surface area (Å²) in [5.41, 5.74) is 7.06. The molecule has 0 amide bonds. The number of halogens is 2. The van der Waals surface area contributed by atoms with Crippen LogP contribution in [0.1, 0.15) is 18.9 Å². The third-order valence-corrected chi connectivity index (χ3v) is 3.67. The van der Waals surface area contributed by atoms with Gasteiger partial charge in [0.2, 0.25) is 0 Å². The SMILES string of the molecule is CC1CC(CN)CN1Cc1ccc(Cl)cc1.Cl. The van der Waals surface area contributed by atoms with E-state index in [2.05, 4.69) is 24.0 Å². The molecule has 4 heteroatoms. The van der Waals surface area contributed by atoms with E-state index in [1.165, 1.54) is 12.0 Å². The van der Waals surface area contributed by atoms with E-state index < -0.39 is 0 Å². The second kappa shape index (κ2) is 6.60. The van der Waals surface area contributed by atoms with E-state index in [0.717, 1.165) is 24.7 Å². The second-order valence-corrected chi connectivity index (χ2v) is 5.18. The Morgan fingerprint density at radius 1 is 1.35 bits per heavy atom. The summed E-state index contributed by atoms with van der Waals surface area (Å²) in [6.45, 7) is 5.22. The van der Waals surface area contributed by atoms with Gasteiger partial charge in [0, 0.05) is 24.2 Å². The zero-order valence-electron chi connectivity index (χ0n) is 10.1. The van der Waals surface area contributed by atoms with Crippen molar-refractivity contribution in [2.75, 3.05) is 13.1 Å². The highest BCUT2D eigenvalue weighted by molar-refractivity contribution is 6.30. The largest absolute Gasteiger partial charge is 0.330 e. The van der Waals surface area contributed by atoms with Crippen molar-refractivity contribution in [3.05, 3.63) is 34.9 Å². The van der Waals surface area contributed by atoms with E-state index in [1.54, 1.807) is 0 Å². The van der Waals surface area contributed by atoms with Crippen molar-refractivity contribution in [3.63, 3.8) is 0 Å². The summed E-state index contributed by atoms with van der Waals surface area (Å²) in [7, 11) is 0.